The Morgan fingerprint density at radius 3 is 2.36 bits per heavy atom. The second-order valence-corrected chi connectivity index (χ2v) is 8.82. The van der Waals surface area contributed by atoms with Gasteiger partial charge in [-0.15, -0.1) is 0 Å². The van der Waals surface area contributed by atoms with E-state index in [0.717, 1.165) is 16.6 Å². The average Bonchev–Trinajstić information content (AvgIpc) is 3.32. The summed E-state index contributed by atoms with van der Waals surface area (Å²) in [5.74, 6) is -3.49. The van der Waals surface area contributed by atoms with E-state index in [0.29, 0.717) is 30.8 Å². The summed E-state index contributed by atoms with van der Waals surface area (Å²) in [4.78, 5) is 30.6. The Hall–Kier alpha value is -4.54. The maximum absolute atomic E-state index is 13.7. The van der Waals surface area contributed by atoms with Crippen LogP contribution in [0.3, 0.4) is 0 Å². The number of nitrogen functional groups attached to an aromatic ring is 1. The van der Waals surface area contributed by atoms with E-state index in [-0.39, 0.29) is 18.2 Å². The number of esters is 1. The quantitative estimate of drug-likeness (QED) is 0.0841. The topological polar surface area (TPSA) is 142 Å². The zero-order valence-corrected chi connectivity index (χ0v) is 21.8. The van der Waals surface area contributed by atoms with Gasteiger partial charge in [0.2, 0.25) is 0 Å². The van der Waals surface area contributed by atoms with Crippen molar-refractivity contribution in [1.82, 2.24) is 14.9 Å². The number of ether oxygens (including phenoxy) is 3. The van der Waals surface area contributed by atoms with Gasteiger partial charge in [-0.05, 0) is 23.3 Å². The van der Waals surface area contributed by atoms with E-state index in [4.69, 9.17) is 25.4 Å². The lowest BCUT2D eigenvalue weighted by atomic mass is 10.1. The highest BCUT2D eigenvalue weighted by Gasteiger charge is 2.49. The number of nitrogens with zero attached hydrogens (tertiary/aromatic N) is 2. The zero-order chi connectivity index (χ0) is 27.8. The molecule has 39 heavy (non-hydrogen) atoms. The van der Waals surface area contributed by atoms with Gasteiger partial charge < -0.3 is 29.8 Å². The number of fused-ring (bicyclic) bond motifs is 1. The summed E-state index contributed by atoms with van der Waals surface area (Å²) in [6.07, 6.45) is 0. The van der Waals surface area contributed by atoms with Crippen LogP contribution in [0, 0.1) is 5.41 Å². The smallest absolute Gasteiger partial charge is 0.353 e. The number of methoxy groups -OCH3 is 1. The normalized spacial score (nSPS) is 12.6. The molecule has 10 nitrogen and oxygen atoms in total. The number of rotatable bonds is 12. The predicted molar refractivity (Wildman–Crippen MR) is 146 cm³/mol. The van der Waals surface area contributed by atoms with Crippen LogP contribution in [-0.2, 0) is 49.3 Å². The van der Waals surface area contributed by atoms with Crippen LogP contribution in [0.1, 0.15) is 29.4 Å². The highest BCUT2D eigenvalue weighted by atomic mass is 16.7. The van der Waals surface area contributed by atoms with Crippen LogP contribution in [0.4, 0.5) is 0 Å². The molecule has 1 heterocycles. The number of amidine groups is 1. The van der Waals surface area contributed by atoms with Crippen LogP contribution < -0.4 is 11.1 Å². The second kappa shape index (κ2) is 12.3. The summed E-state index contributed by atoms with van der Waals surface area (Å²) < 4.78 is 18.9. The third-order valence-corrected chi connectivity index (χ3v) is 6.11. The molecule has 0 fully saturated rings. The third kappa shape index (κ3) is 6.31. The van der Waals surface area contributed by atoms with Gasteiger partial charge in [-0.1, -0.05) is 66.7 Å². The Kier molecular flexibility index (Phi) is 8.70. The fourth-order valence-electron chi connectivity index (χ4n) is 4.20. The molecule has 202 valence electrons. The number of nitrogens with one attached hydrogen (secondary N) is 2. The molecule has 0 aliphatic rings. The first kappa shape index (κ1) is 27.5. The molecule has 0 bridgehead atoms. The van der Waals surface area contributed by atoms with Gasteiger partial charge >= 0.3 is 17.7 Å². The van der Waals surface area contributed by atoms with E-state index >= 15 is 0 Å². The molecule has 0 saturated heterocycles. The van der Waals surface area contributed by atoms with Crippen molar-refractivity contribution in [3.8, 4) is 0 Å². The van der Waals surface area contributed by atoms with Gasteiger partial charge in [-0.2, -0.15) is 0 Å². The van der Waals surface area contributed by atoms with Crippen molar-refractivity contribution in [2.45, 2.75) is 32.4 Å². The molecule has 0 aliphatic heterocycles. The predicted octanol–water partition coefficient (Wildman–Crippen LogP) is 3.22. The molecule has 3 aromatic carbocycles. The minimum Gasteiger partial charge on any atom is -0.416 e. The number of benzene rings is 3. The lowest BCUT2D eigenvalue weighted by Crippen LogP contribution is -2.50. The number of para-hydroxylation sites is 2. The van der Waals surface area contributed by atoms with Crippen LogP contribution in [-0.4, -0.2) is 41.0 Å². The summed E-state index contributed by atoms with van der Waals surface area (Å²) >= 11 is 0. The number of carbonyl (C=O) groups excluding carboxylic acids is 2. The molecule has 4 rings (SSSR count). The van der Waals surface area contributed by atoms with Crippen LogP contribution in [0.2, 0.25) is 0 Å². The van der Waals surface area contributed by atoms with Crippen LogP contribution in [0.25, 0.3) is 11.0 Å². The van der Waals surface area contributed by atoms with Crippen molar-refractivity contribution in [3.05, 3.63) is 101 Å². The summed E-state index contributed by atoms with van der Waals surface area (Å²) in [6, 6.07) is 24.0. The van der Waals surface area contributed by atoms with Gasteiger partial charge in [0.05, 0.1) is 24.2 Å². The summed E-state index contributed by atoms with van der Waals surface area (Å²) in [5, 5.41) is 10.3. The Balaban J connectivity index is 1.62. The highest BCUT2D eigenvalue weighted by molar-refractivity contribution is 5.95. The molecule has 1 atom stereocenters. The number of carbonyl (C=O) groups is 2. The SMILES string of the molecule is CO[C@@](OC(C)=O)(C(=O)NCc1ccc(C(=N)N)cc1)c1nc2ccccc2n1CCOCc1ccccc1. The van der Waals surface area contributed by atoms with E-state index < -0.39 is 17.7 Å². The fourth-order valence-corrected chi connectivity index (χ4v) is 4.20. The molecule has 0 radical (unpaired) electrons. The first-order chi connectivity index (χ1) is 18.8. The van der Waals surface area contributed by atoms with E-state index in [2.05, 4.69) is 10.3 Å². The number of hydrogen-bond donors (Lipinski definition) is 3. The molecule has 10 heteroatoms. The number of nitrogens with two attached hydrogens (primary N) is 1. The Labute approximate surface area is 226 Å². The van der Waals surface area contributed by atoms with Crippen molar-refractivity contribution in [1.29, 1.82) is 5.41 Å². The van der Waals surface area contributed by atoms with E-state index in [1.54, 1.807) is 28.8 Å². The number of amides is 1. The maximum atomic E-state index is 13.7. The van der Waals surface area contributed by atoms with Crippen LogP contribution in [0.5, 0.6) is 0 Å². The minimum atomic E-state index is -2.15. The largest absolute Gasteiger partial charge is 0.416 e. The van der Waals surface area contributed by atoms with Gasteiger partial charge in [-0.25, -0.2) is 4.98 Å². The van der Waals surface area contributed by atoms with Crippen molar-refractivity contribution in [3.63, 3.8) is 0 Å². The van der Waals surface area contributed by atoms with Gasteiger partial charge in [0.15, 0.2) is 5.82 Å². The monoisotopic (exact) mass is 529 g/mol. The number of hydrogen-bond acceptors (Lipinski definition) is 7. The Morgan fingerprint density at radius 2 is 1.69 bits per heavy atom. The molecule has 0 spiro atoms. The second-order valence-electron chi connectivity index (χ2n) is 8.82. The maximum Gasteiger partial charge on any atom is 0.353 e. The summed E-state index contributed by atoms with van der Waals surface area (Å²) in [5.41, 5.74) is 9.22. The minimum absolute atomic E-state index is 0.0505. The van der Waals surface area contributed by atoms with Crippen LogP contribution in [0.15, 0.2) is 78.9 Å². The summed E-state index contributed by atoms with van der Waals surface area (Å²) in [7, 11) is 1.29. The fraction of sp³-hybridized carbons (Fsp3) is 0.241. The third-order valence-electron chi connectivity index (χ3n) is 6.11. The molecular weight excluding hydrogens is 498 g/mol. The Bertz CT molecular complexity index is 1450. The molecule has 4 N–H and O–H groups in total. The first-order valence-electron chi connectivity index (χ1n) is 12.4. The van der Waals surface area contributed by atoms with Gasteiger partial charge in [0, 0.05) is 32.7 Å². The molecule has 4 aromatic rings. The molecule has 1 amide bonds. The zero-order valence-electron chi connectivity index (χ0n) is 21.8. The van der Waals surface area contributed by atoms with E-state index in [9.17, 15) is 9.59 Å². The van der Waals surface area contributed by atoms with Crippen LogP contribution >= 0.6 is 0 Å². The molecule has 0 saturated carbocycles. The van der Waals surface area contributed by atoms with Crippen molar-refractivity contribution in [2.75, 3.05) is 13.7 Å². The molecule has 0 unspecified atom stereocenters. The van der Waals surface area contributed by atoms with E-state index in [1.165, 1.54) is 14.0 Å². The van der Waals surface area contributed by atoms with Crippen molar-refractivity contribution < 1.29 is 23.8 Å². The Morgan fingerprint density at radius 1 is 1.00 bits per heavy atom. The average molecular weight is 530 g/mol. The lowest BCUT2D eigenvalue weighted by molar-refractivity contribution is -0.228. The standard InChI is InChI=1S/C29H31N5O5/c1-20(35)39-29(37-2,28(36)32-18-21-12-14-23(15-13-21)26(30)31)27-33-24-10-6-7-11-25(24)34(27)16-17-38-19-22-8-4-3-5-9-22/h3-15H,16-19H2,1-2H3,(H3,30,31)(H,32,36)/t29-/m0/s1. The van der Waals surface area contributed by atoms with E-state index in [1.807, 2.05) is 54.6 Å². The molecule has 1 aromatic heterocycles. The molecular formula is C29H31N5O5. The number of imidazole rings is 1. The van der Waals surface area contributed by atoms with Gasteiger partial charge in [-0.3, -0.25) is 15.0 Å². The van der Waals surface area contributed by atoms with Gasteiger partial charge in [0.25, 0.3) is 0 Å². The highest BCUT2D eigenvalue weighted by Crippen LogP contribution is 2.31. The first-order valence-corrected chi connectivity index (χ1v) is 12.4. The summed E-state index contributed by atoms with van der Waals surface area (Å²) in [6.45, 7) is 2.38. The van der Waals surface area contributed by atoms with Crippen molar-refractivity contribution in [2.24, 2.45) is 5.73 Å². The molecule has 0 aliphatic carbocycles. The number of aromatic nitrogens is 2. The lowest BCUT2D eigenvalue weighted by Gasteiger charge is -2.30. The van der Waals surface area contributed by atoms with Crippen molar-refractivity contribution >= 4 is 28.7 Å². The van der Waals surface area contributed by atoms with Gasteiger partial charge in [0.1, 0.15) is 5.84 Å².